The zero-order valence-corrected chi connectivity index (χ0v) is 13.7. The molecule has 0 saturated heterocycles. The molecule has 1 N–H and O–H groups in total. The zero-order chi connectivity index (χ0) is 15.5. The van der Waals surface area contributed by atoms with E-state index < -0.39 is 5.60 Å². The van der Waals surface area contributed by atoms with E-state index in [1.54, 1.807) is 32.2 Å². The molecule has 0 fully saturated rings. The molecule has 112 valence electrons. The van der Waals surface area contributed by atoms with Gasteiger partial charge in [-0.3, -0.25) is 0 Å². The molecule has 0 aromatic heterocycles. The topological polar surface area (TPSA) is 29.5 Å². The number of benzene rings is 2. The second kappa shape index (κ2) is 6.58. The smallest absolute Gasteiger partial charge is 0.133 e. The molecule has 0 aliphatic heterocycles. The monoisotopic (exact) mass is 352 g/mol. The number of methoxy groups -OCH3 is 1. The van der Waals surface area contributed by atoms with E-state index in [1.165, 1.54) is 6.07 Å². The third-order valence-electron chi connectivity index (χ3n) is 3.33. The fourth-order valence-electron chi connectivity index (χ4n) is 2.37. The molecule has 0 amide bonds. The van der Waals surface area contributed by atoms with Gasteiger partial charge in [-0.25, -0.2) is 4.39 Å². The Morgan fingerprint density at radius 1 is 1.19 bits per heavy atom. The molecule has 0 radical (unpaired) electrons. The molecule has 0 aliphatic rings. The van der Waals surface area contributed by atoms with Crippen LogP contribution in [0.3, 0.4) is 0 Å². The molecular weight excluding hydrogens is 335 g/mol. The lowest BCUT2D eigenvalue weighted by Crippen LogP contribution is -2.30. The van der Waals surface area contributed by atoms with Crippen molar-refractivity contribution in [2.75, 3.05) is 7.11 Å². The van der Waals surface area contributed by atoms with Crippen molar-refractivity contribution in [1.29, 1.82) is 0 Å². The summed E-state index contributed by atoms with van der Waals surface area (Å²) in [7, 11) is 1.61. The van der Waals surface area contributed by atoms with Gasteiger partial charge >= 0.3 is 0 Å². The highest BCUT2D eigenvalue weighted by Gasteiger charge is 2.23. The minimum Gasteiger partial charge on any atom is -0.496 e. The fourth-order valence-corrected chi connectivity index (χ4v) is 2.96. The molecule has 0 spiro atoms. The lowest BCUT2D eigenvalue weighted by molar-refractivity contribution is 0.0599. The summed E-state index contributed by atoms with van der Waals surface area (Å²) >= 11 is 3.43. The van der Waals surface area contributed by atoms with Gasteiger partial charge in [0.25, 0.3) is 0 Å². The van der Waals surface area contributed by atoms with Crippen LogP contribution in [0.25, 0.3) is 0 Å². The van der Waals surface area contributed by atoms with Gasteiger partial charge in [-0.2, -0.15) is 0 Å². The van der Waals surface area contributed by atoms with Crippen molar-refractivity contribution in [2.45, 2.75) is 25.4 Å². The van der Waals surface area contributed by atoms with E-state index in [0.29, 0.717) is 12.0 Å². The Morgan fingerprint density at radius 2 is 1.90 bits per heavy atom. The molecule has 0 aliphatic carbocycles. The highest BCUT2D eigenvalue weighted by Crippen LogP contribution is 2.28. The minimum absolute atomic E-state index is 0.267. The summed E-state index contributed by atoms with van der Waals surface area (Å²) < 4.78 is 19.7. The van der Waals surface area contributed by atoms with E-state index in [2.05, 4.69) is 15.9 Å². The Labute approximate surface area is 132 Å². The Hall–Kier alpha value is -1.39. The van der Waals surface area contributed by atoms with Crippen molar-refractivity contribution in [3.8, 4) is 5.75 Å². The summed E-state index contributed by atoms with van der Waals surface area (Å²) in [6.07, 6.45) is 0.702. The molecule has 1 atom stereocenters. The normalized spacial score (nSPS) is 13.8. The molecule has 2 rings (SSSR count). The summed E-state index contributed by atoms with van der Waals surface area (Å²) in [4.78, 5) is 0. The molecule has 0 heterocycles. The predicted molar refractivity (Wildman–Crippen MR) is 85.1 cm³/mol. The van der Waals surface area contributed by atoms with E-state index in [9.17, 15) is 9.50 Å². The second-order valence-corrected chi connectivity index (χ2v) is 6.27. The fraction of sp³-hybridized carbons (Fsp3) is 0.294. The van der Waals surface area contributed by atoms with Crippen molar-refractivity contribution in [1.82, 2.24) is 0 Å². The quantitative estimate of drug-likeness (QED) is 0.876. The van der Waals surface area contributed by atoms with Crippen LogP contribution < -0.4 is 4.74 Å². The van der Waals surface area contributed by atoms with E-state index in [1.807, 2.05) is 18.2 Å². The third kappa shape index (κ3) is 4.29. The van der Waals surface area contributed by atoms with Crippen LogP contribution in [0.2, 0.25) is 0 Å². The molecule has 21 heavy (non-hydrogen) atoms. The van der Waals surface area contributed by atoms with Crippen LogP contribution >= 0.6 is 15.9 Å². The SMILES string of the molecule is COc1ccc(CC(C)(O)Cc2ccccc2F)cc1Br. The first-order valence-electron chi connectivity index (χ1n) is 6.69. The lowest BCUT2D eigenvalue weighted by atomic mass is 9.89. The first-order chi connectivity index (χ1) is 9.91. The number of hydrogen-bond donors (Lipinski definition) is 1. The molecule has 2 aromatic rings. The zero-order valence-electron chi connectivity index (χ0n) is 12.1. The van der Waals surface area contributed by atoms with Crippen LogP contribution in [0.1, 0.15) is 18.1 Å². The van der Waals surface area contributed by atoms with Crippen molar-refractivity contribution in [3.05, 3.63) is 63.9 Å². The third-order valence-corrected chi connectivity index (χ3v) is 3.95. The van der Waals surface area contributed by atoms with Crippen molar-refractivity contribution in [2.24, 2.45) is 0 Å². The Balaban J connectivity index is 2.14. The summed E-state index contributed by atoms with van der Waals surface area (Å²) in [5, 5.41) is 10.5. The summed E-state index contributed by atoms with van der Waals surface area (Å²) in [6.45, 7) is 1.72. The average Bonchev–Trinajstić information content (AvgIpc) is 2.41. The Bertz CT molecular complexity index is 626. The molecular formula is C17H18BrFO2. The molecule has 2 nitrogen and oxygen atoms in total. The van der Waals surface area contributed by atoms with Crippen LogP contribution in [0.4, 0.5) is 4.39 Å². The van der Waals surface area contributed by atoms with Gasteiger partial charge in [-0.05, 0) is 52.2 Å². The standard InChI is InChI=1S/C17H18BrFO2/c1-17(20,11-13-5-3-4-6-15(13)19)10-12-7-8-16(21-2)14(18)9-12/h3-9,20H,10-11H2,1-2H3. The van der Waals surface area contributed by atoms with Crippen LogP contribution in [0.5, 0.6) is 5.75 Å². The predicted octanol–water partition coefficient (Wildman–Crippen LogP) is 4.13. The van der Waals surface area contributed by atoms with Gasteiger partial charge in [-0.15, -0.1) is 0 Å². The molecule has 0 bridgehead atoms. The lowest BCUT2D eigenvalue weighted by Gasteiger charge is -2.24. The van der Waals surface area contributed by atoms with Gasteiger partial charge in [0.1, 0.15) is 11.6 Å². The minimum atomic E-state index is -1.02. The molecule has 2 aromatic carbocycles. The maximum atomic E-state index is 13.7. The average molecular weight is 353 g/mol. The maximum absolute atomic E-state index is 13.7. The summed E-state index contributed by atoms with van der Waals surface area (Å²) in [5.41, 5.74) is 0.468. The first kappa shape index (κ1) is 16.0. The van der Waals surface area contributed by atoms with E-state index >= 15 is 0 Å². The van der Waals surface area contributed by atoms with Gasteiger partial charge < -0.3 is 9.84 Å². The van der Waals surface area contributed by atoms with Crippen LogP contribution in [-0.2, 0) is 12.8 Å². The molecule has 0 saturated carbocycles. The summed E-state index contributed by atoms with van der Waals surface area (Å²) in [5.74, 6) is 0.459. The number of rotatable bonds is 5. The second-order valence-electron chi connectivity index (χ2n) is 5.41. The largest absolute Gasteiger partial charge is 0.496 e. The van der Waals surface area contributed by atoms with E-state index in [4.69, 9.17) is 4.74 Å². The Kier molecular flexibility index (Phi) is 5.01. The molecule has 4 heteroatoms. The van der Waals surface area contributed by atoms with Crippen molar-refractivity contribution < 1.29 is 14.2 Å². The Morgan fingerprint density at radius 3 is 2.52 bits per heavy atom. The first-order valence-corrected chi connectivity index (χ1v) is 7.49. The summed E-state index contributed by atoms with van der Waals surface area (Å²) in [6, 6.07) is 12.2. The number of hydrogen-bond acceptors (Lipinski definition) is 2. The highest BCUT2D eigenvalue weighted by atomic mass is 79.9. The van der Waals surface area contributed by atoms with Crippen molar-refractivity contribution >= 4 is 15.9 Å². The maximum Gasteiger partial charge on any atom is 0.133 e. The van der Waals surface area contributed by atoms with E-state index in [0.717, 1.165) is 15.8 Å². The van der Waals surface area contributed by atoms with Crippen LogP contribution in [0, 0.1) is 5.82 Å². The number of halogens is 2. The van der Waals surface area contributed by atoms with Gasteiger partial charge in [0.15, 0.2) is 0 Å². The van der Waals surface area contributed by atoms with Crippen molar-refractivity contribution in [3.63, 3.8) is 0 Å². The number of ether oxygens (including phenoxy) is 1. The van der Waals surface area contributed by atoms with Crippen LogP contribution in [0.15, 0.2) is 46.9 Å². The molecule has 1 unspecified atom stereocenters. The number of aliphatic hydroxyl groups is 1. The van der Waals surface area contributed by atoms with Crippen LogP contribution in [-0.4, -0.2) is 17.8 Å². The van der Waals surface area contributed by atoms with Gasteiger partial charge in [-0.1, -0.05) is 24.3 Å². The van der Waals surface area contributed by atoms with Gasteiger partial charge in [0.05, 0.1) is 17.2 Å². The van der Waals surface area contributed by atoms with Gasteiger partial charge in [0.2, 0.25) is 0 Å². The van der Waals surface area contributed by atoms with Gasteiger partial charge in [0, 0.05) is 12.8 Å². The van der Waals surface area contributed by atoms with E-state index in [-0.39, 0.29) is 12.2 Å². The highest BCUT2D eigenvalue weighted by molar-refractivity contribution is 9.10.